The van der Waals surface area contributed by atoms with Crippen LogP contribution in [-0.4, -0.2) is 39.8 Å². The first-order valence-corrected chi connectivity index (χ1v) is 10.4. The number of nitrogens with zero attached hydrogens (tertiary/aromatic N) is 2. The number of para-hydroxylation sites is 1. The van der Waals surface area contributed by atoms with Gasteiger partial charge in [0.05, 0.1) is 23.9 Å². The Morgan fingerprint density at radius 1 is 1.00 bits per heavy atom. The van der Waals surface area contributed by atoms with E-state index in [0.29, 0.717) is 16.7 Å². The van der Waals surface area contributed by atoms with Gasteiger partial charge in [0.2, 0.25) is 11.8 Å². The predicted octanol–water partition coefficient (Wildman–Crippen LogP) is 2.78. The highest BCUT2D eigenvalue weighted by atomic mass is 16.2. The lowest BCUT2D eigenvalue weighted by atomic mass is 10.0. The first-order chi connectivity index (χ1) is 15.4. The van der Waals surface area contributed by atoms with Crippen molar-refractivity contribution in [1.29, 1.82) is 0 Å². The third kappa shape index (κ3) is 4.51. The molecule has 162 valence electrons. The maximum absolute atomic E-state index is 12.8. The number of carbonyl (C=O) groups excluding carboxylic acids is 2. The van der Waals surface area contributed by atoms with E-state index < -0.39 is 6.04 Å². The van der Waals surface area contributed by atoms with Crippen molar-refractivity contribution in [3.63, 3.8) is 0 Å². The molecule has 3 aromatic carbocycles. The van der Waals surface area contributed by atoms with Crippen molar-refractivity contribution in [3.8, 4) is 0 Å². The summed E-state index contributed by atoms with van der Waals surface area (Å²) in [5, 5.41) is 5.37. The second-order valence-corrected chi connectivity index (χ2v) is 7.83. The van der Waals surface area contributed by atoms with Crippen LogP contribution in [0.25, 0.3) is 21.7 Å². The number of hydrogen-bond acceptors (Lipinski definition) is 4. The fourth-order valence-electron chi connectivity index (χ4n) is 3.82. The highest BCUT2D eigenvalue weighted by Gasteiger charge is 2.21. The molecule has 0 unspecified atom stereocenters. The van der Waals surface area contributed by atoms with Gasteiger partial charge in [-0.1, -0.05) is 54.6 Å². The summed E-state index contributed by atoms with van der Waals surface area (Å²) in [6.45, 7) is 1.78. The topological polar surface area (TPSA) is 95.2 Å². The summed E-state index contributed by atoms with van der Waals surface area (Å²) in [6.07, 6.45) is 0.183. The standard InChI is InChI=1S/C25H24N4O3/c1-16(26-23(30)14-18-10-7-9-17-8-3-4-11-19(17)18)25(32)29(2)15-22-27-21-13-6-5-12-20(21)24(31)28-22/h3-13,16H,14-15H2,1-2H3,(H,26,30)(H,27,28,31)/t16-/m1/s1. The van der Waals surface area contributed by atoms with Gasteiger partial charge in [-0.2, -0.15) is 0 Å². The number of aromatic nitrogens is 2. The molecule has 0 saturated heterocycles. The Morgan fingerprint density at radius 3 is 2.50 bits per heavy atom. The van der Waals surface area contributed by atoms with E-state index in [2.05, 4.69) is 15.3 Å². The van der Waals surface area contributed by atoms with E-state index in [-0.39, 0.29) is 30.3 Å². The molecule has 0 fully saturated rings. The largest absolute Gasteiger partial charge is 0.344 e. The monoisotopic (exact) mass is 428 g/mol. The number of carbonyl (C=O) groups is 2. The van der Waals surface area contributed by atoms with Gasteiger partial charge in [0, 0.05) is 7.05 Å². The lowest BCUT2D eigenvalue weighted by molar-refractivity contribution is -0.135. The Hall–Kier alpha value is -4.00. The van der Waals surface area contributed by atoms with E-state index in [1.807, 2.05) is 42.5 Å². The second kappa shape index (κ2) is 9.01. The average Bonchev–Trinajstić information content (AvgIpc) is 2.78. The molecule has 4 rings (SSSR count). The number of rotatable bonds is 6. The SMILES string of the molecule is C[C@@H](NC(=O)Cc1cccc2ccccc12)C(=O)N(C)Cc1nc2ccccc2c(=O)[nH]1. The van der Waals surface area contributed by atoms with Gasteiger partial charge in [0.1, 0.15) is 11.9 Å². The molecular formula is C25H24N4O3. The van der Waals surface area contributed by atoms with Crippen LogP contribution in [-0.2, 0) is 22.6 Å². The van der Waals surface area contributed by atoms with Crippen LogP contribution < -0.4 is 10.9 Å². The Bertz CT molecular complexity index is 1360. The molecule has 2 N–H and O–H groups in total. The lowest BCUT2D eigenvalue weighted by Crippen LogP contribution is -2.46. The number of likely N-dealkylation sites (N-methyl/N-ethyl adjacent to an activating group) is 1. The van der Waals surface area contributed by atoms with E-state index >= 15 is 0 Å². The van der Waals surface area contributed by atoms with E-state index in [0.717, 1.165) is 16.3 Å². The maximum Gasteiger partial charge on any atom is 0.258 e. The molecule has 4 aromatic rings. The van der Waals surface area contributed by atoms with E-state index in [9.17, 15) is 14.4 Å². The zero-order chi connectivity index (χ0) is 22.7. The molecule has 0 aliphatic heterocycles. The fourth-order valence-corrected chi connectivity index (χ4v) is 3.82. The minimum atomic E-state index is -0.713. The van der Waals surface area contributed by atoms with Crippen LogP contribution in [0.15, 0.2) is 71.5 Å². The van der Waals surface area contributed by atoms with Crippen LogP contribution in [0, 0.1) is 0 Å². The summed E-state index contributed by atoms with van der Waals surface area (Å²) < 4.78 is 0. The smallest absolute Gasteiger partial charge is 0.258 e. The molecule has 7 nitrogen and oxygen atoms in total. The summed E-state index contributed by atoms with van der Waals surface area (Å²) in [6, 6.07) is 20.1. The van der Waals surface area contributed by atoms with Crippen molar-refractivity contribution in [2.45, 2.75) is 25.9 Å². The first-order valence-electron chi connectivity index (χ1n) is 10.4. The third-order valence-electron chi connectivity index (χ3n) is 5.40. The Balaban J connectivity index is 1.40. The summed E-state index contributed by atoms with van der Waals surface area (Å²) in [5.41, 5.74) is 1.23. The maximum atomic E-state index is 12.8. The number of benzene rings is 3. The molecule has 0 aliphatic rings. The minimum absolute atomic E-state index is 0.127. The van der Waals surface area contributed by atoms with Crippen LogP contribution in [0.3, 0.4) is 0 Å². The molecule has 0 radical (unpaired) electrons. The van der Waals surface area contributed by atoms with Crippen molar-refractivity contribution in [2.75, 3.05) is 7.05 Å². The van der Waals surface area contributed by atoms with Crippen LogP contribution in [0.1, 0.15) is 18.3 Å². The number of nitrogens with one attached hydrogen (secondary N) is 2. The lowest BCUT2D eigenvalue weighted by Gasteiger charge is -2.22. The molecule has 0 aliphatic carbocycles. The van der Waals surface area contributed by atoms with Gasteiger partial charge in [-0.15, -0.1) is 0 Å². The number of H-pyrrole nitrogens is 1. The third-order valence-corrected chi connectivity index (χ3v) is 5.40. The molecule has 1 heterocycles. The van der Waals surface area contributed by atoms with Crippen molar-refractivity contribution in [1.82, 2.24) is 20.2 Å². The van der Waals surface area contributed by atoms with Gasteiger partial charge in [-0.25, -0.2) is 4.98 Å². The first kappa shape index (κ1) is 21.2. The zero-order valence-corrected chi connectivity index (χ0v) is 18.0. The Labute approximate surface area is 185 Å². The van der Waals surface area contributed by atoms with Gasteiger partial charge in [0.25, 0.3) is 5.56 Å². The molecule has 0 bridgehead atoms. The zero-order valence-electron chi connectivity index (χ0n) is 18.0. The van der Waals surface area contributed by atoms with Crippen molar-refractivity contribution >= 4 is 33.5 Å². The summed E-state index contributed by atoms with van der Waals surface area (Å²) in [5.74, 6) is -0.112. The molecule has 32 heavy (non-hydrogen) atoms. The number of amides is 2. The van der Waals surface area contributed by atoms with Crippen LogP contribution in [0.5, 0.6) is 0 Å². The van der Waals surface area contributed by atoms with E-state index in [1.54, 1.807) is 38.2 Å². The minimum Gasteiger partial charge on any atom is -0.344 e. The van der Waals surface area contributed by atoms with Gasteiger partial charge < -0.3 is 15.2 Å². The molecule has 2 amide bonds. The molecule has 0 saturated carbocycles. The molecule has 0 spiro atoms. The molecule has 1 atom stereocenters. The highest BCUT2D eigenvalue weighted by molar-refractivity contribution is 5.92. The van der Waals surface area contributed by atoms with Crippen LogP contribution in [0.2, 0.25) is 0 Å². The summed E-state index contributed by atoms with van der Waals surface area (Å²) >= 11 is 0. The molecule has 7 heteroatoms. The van der Waals surface area contributed by atoms with Gasteiger partial charge in [-0.3, -0.25) is 14.4 Å². The summed E-state index contributed by atoms with van der Waals surface area (Å²) in [7, 11) is 1.62. The second-order valence-electron chi connectivity index (χ2n) is 7.83. The number of fused-ring (bicyclic) bond motifs is 2. The predicted molar refractivity (Wildman–Crippen MR) is 124 cm³/mol. The van der Waals surface area contributed by atoms with Crippen molar-refractivity contribution < 1.29 is 9.59 Å². The Morgan fingerprint density at radius 2 is 1.69 bits per heavy atom. The fraction of sp³-hybridized carbons (Fsp3) is 0.200. The average molecular weight is 428 g/mol. The van der Waals surface area contributed by atoms with Gasteiger partial charge >= 0.3 is 0 Å². The number of hydrogen-bond donors (Lipinski definition) is 2. The Kier molecular flexibility index (Phi) is 5.98. The quantitative estimate of drug-likeness (QED) is 0.494. The van der Waals surface area contributed by atoms with Crippen molar-refractivity contribution in [3.05, 3.63) is 88.5 Å². The van der Waals surface area contributed by atoms with E-state index in [1.165, 1.54) is 4.90 Å². The summed E-state index contributed by atoms with van der Waals surface area (Å²) in [4.78, 5) is 46.2. The highest BCUT2D eigenvalue weighted by Crippen LogP contribution is 2.19. The van der Waals surface area contributed by atoms with Crippen molar-refractivity contribution in [2.24, 2.45) is 0 Å². The number of aromatic amines is 1. The van der Waals surface area contributed by atoms with Crippen LogP contribution in [0.4, 0.5) is 0 Å². The molecular weight excluding hydrogens is 404 g/mol. The van der Waals surface area contributed by atoms with Gasteiger partial charge in [-0.05, 0) is 35.4 Å². The van der Waals surface area contributed by atoms with Crippen LogP contribution >= 0.6 is 0 Å². The molecule has 1 aromatic heterocycles. The van der Waals surface area contributed by atoms with Gasteiger partial charge in [0.15, 0.2) is 0 Å². The van der Waals surface area contributed by atoms with E-state index in [4.69, 9.17) is 0 Å². The normalized spacial score (nSPS) is 11.9.